The smallest absolute Gasteiger partial charge is 0.134 e. The van der Waals surface area contributed by atoms with Gasteiger partial charge in [0, 0.05) is 25.1 Å². The van der Waals surface area contributed by atoms with Gasteiger partial charge >= 0.3 is 0 Å². The lowest BCUT2D eigenvalue weighted by atomic mass is 10.0. The highest BCUT2D eigenvalue weighted by Gasteiger charge is 2.14. The second-order valence-corrected chi connectivity index (χ2v) is 6.10. The van der Waals surface area contributed by atoms with Crippen LogP contribution in [0.4, 0.5) is 5.82 Å². The van der Waals surface area contributed by atoms with Crippen LogP contribution in [-0.2, 0) is 0 Å². The Bertz CT molecular complexity index is 389. The van der Waals surface area contributed by atoms with Crippen molar-refractivity contribution in [3.8, 4) is 0 Å². The summed E-state index contributed by atoms with van der Waals surface area (Å²) in [6.07, 6.45) is 2.44. The second kappa shape index (κ2) is 7.83. The predicted octanol–water partition coefficient (Wildman–Crippen LogP) is 4.63. The Morgan fingerprint density at radius 1 is 1.16 bits per heavy atom. The largest absolute Gasteiger partial charge is 0.356 e. The fraction of sp³-hybridized carbons (Fsp3) is 0.733. The van der Waals surface area contributed by atoms with Gasteiger partial charge in [-0.15, -0.1) is 0 Å². The van der Waals surface area contributed by atoms with Crippen molar-refractivity contribution in [2.45, 2.75) is 53.4 Å². The van der Waals surface area contributed by atoms with E-state index in [9.17, 15) is 0 Å². The van der Waals surface area contributed by atoms with E-state index in [-0.39, 0.29) is 0 Å². The van der Waals surface area contributed by atoms with E-state index in [2.05, 4.69) is 60.4 Å². The third-order valence-electron chi connectivity index (χ3n) is 3.55. The topological polar surface area (TPSA) is 29.0 Å². The molecular formula is C15H26BrN3. The summed E-state index contributed by atoms with van der Waals surface area (Å²) in [6, 6.07) is 2.03. The summed E-state index contributed by atoms with van der Waals surface area (Å²) in [4.78, 5) is 11.5. The van der Waals surface area contributed by atoms with Crippen LogP contribution in [0.3, 0.4) is 0 Å². The van der Waals surface area contributed by atoms with Gasteiger partial charge in [-0.3, -0.25) is 0 Å². The normalized spacial score (nSPS) is 11.4. The first-order valence-electron chi connectivity index (χ1n) is 7.31. The zero-order valence-corrected chi connectivity index (χ0v) is 14.4. The van der Waals surface area contributed by atoms with Gasteiger partial charge in [0.1, 0.15) is 16.2 Å². The molecule has 0 bridgehead atoms. The summed E-state index contributed by atoms with van der Waals surface area (Å²) < 4.78 is 0.879. The lowest BCUT2D eigenvalue weighted by Gasteiger charge is -2.27. The van der Waals surface area contributed by atoms with Crippen LogP contribution in [0.5, 0.6) is 0 Å². The number of nitrogens with zero attached hydrogens (tertiary/aromatic N) is 3. The summed E-state index contributed by atoms with van der Waals surface area (Å²) in [5, 5.41) is 0. The van der Waals surface area contributed by atoms with Crippen LogP contribution in [0.2, 0.25) is 0 Å². The molecule has 3 nitrogen and oxygen atoms in total. The number of aromatic nitrogens is 2. The van der Waals surface area contributed by atoms with Gasteiger partial charge in [-0.05, 0) is 28.8 Å². The zero-order chi connectivity index (χ0) is 14.4. The van der Waals surface area contributed by atoms with Crippen LogP contribution >= 0.6 is 15.9 Å². The van der Waals surface area contributed by atoms with Gasteiger partial charge in [-0.1, -0.05) is 40.5 Å². The molecular weight excluding hydrogens is 302 g/mol. The van der Waals surface area contributed by atoms with Crippen LogP contribution in [0.15, 0.2) is 10.7 Å². The molecule has 0 saturated carbocycles. The van der Waals surface area contributed by atoms with E-state index in [1.807, 2.05) is 6.07 Å². The van der Waals surface area contributed by atoms with Gasteiger partial charge in [0.15, 0.2) is 0 Å². The van der Waals surface area contributed by atoms with Gasteiger partial charge in [-0.2, -0.15) is 0 Å². The molecule has 1 aromatic heterocycles. The number of rotatable bonds is 7. The lowest BCUT2D eigenvalue weighted by Crippen LogP contribution is -2.30. The molecule has 0 unspecified atom stereocenters. The Kier molecular flexibility index (Phi) is 6.76. The minimum absolute atomic E-state index is 0.350. The highest BCUT2D eigenvalue weighted by atomic mass is 79.9. The van der Waals surface area contributed by atoms with Crippen LogP contribution in [0.25, 0.3) is 0 Å². The quantitative estimate of drug-likeness (QED) is 0.684. The second-order valence-electron chi connectivity index (χ2n) is 5.28. The molecule has 0 fully saturated rings. The summed E-state index contributed by atoms with van der Waals surface area (Å²) in [7, 11) is 0. The van der Waals surface area contributed by atoms with Gasteiger partial charge in [0.25, 0.3) is 0 Å². The first-order valence-corrected chi connectivity index (χ1v) is 8.10. The van der Waals surface area contributed by atoms with Crippen LogP contribution in [0, 0.1) is 5.92 Å². The maximum Gasteiger partial charge on any atom is 0.134 e. The SMILES string of the molecule is CCC(CC)CN(CC)c1cc(Br)nc(C(C)C)n1. The molecule has 0 N–H and O–H groups in total. The maximum atomic E-state index is 4.71. The Labute approximate surface area is 126 Å². The fourth-order valence-corrected chi connectivity index (χ4v) is 2.47. The Morgan fingerprint density at radius 2 is 1.79 bits per heavy atom. The molecule has 0 atom stereocenters. The van der Waals surface area contributed by atoms with E-state index < -0.39 is 0 Å². The lowest BCUT2D eigenvalue weighted by molar-refractivity contribution is 0.484. The Hall–Kier alpha value is -0.640. The maximum absolute atomic E-state index is 4.71. The molecule has 108 valence electrons. The van der Waals surface area contributed by atoms with E-state index in [0.29, 0.717) is 5.92 Å². The summed E-state index contributed by atoms with van der Waals surface area (Å²) in [5.74, 6) is 3.03. The molecule has 1 heterocycles. The van der Waals surface area contributed by atoms with Crippen molar-refractivity contribution in [3.05, 3.63) is 16.5 Å². The molecule has 1 aromatic rings. The van der Waals surface area contributed by atoms with E-state index in [1.54, 1.807) is 0 Å². The number of hydrogen-bond donors (Lipinski definition) is 0. The highest BCUT2D eigenvalue weighted by Crippen LogP contribution is 2.22. The van der Waals surface area contributed by atoms with Crippen LogP contribution in [-0.4, -0.2) is 23.1 Å². The zero-order valence-electron chi connectivity index (χ0n) is 12.8. The van der Waals surface area contributed by atoms with E-state index >= 15 is 0 Å². The average molecular weight is 328 g/mol. The molecule has 0 amide bonds. The van der Waals surface area contributed by atoms with E-state index in [0.717, 1.165) is 35.3 Å². The predicted molar refractivity (Wildman–Crippen MR) is 85.8 cm³/mol. The van der Waals surface area contributed by atoms with Gasteiger partial charge in [0.05, 0.1) is 0 Å². The van der Waals surface area contributed by atoms with Crippen molar-refractivity contribution in [1.29, 1.82) is 0 Å². The first kappa shape index (κ1) is 16.4. The molecule has 0 aliphatic carbocycles. The van der Waals surface area contributed by atoms with E-state index in [1.165, 1.54) is 12.8 Å². The Balaban J connectivity index is 2.97. The third kappa shape index (κ3) is 4.75. The summed E-state index contributed by atoms with van der Waals surface area (Å²) >= 11 is 3.50. The van der Waals surface area contributed by atoms with Crippen molar-refractivity contribution < 1.29 is 0 Å². The van der Waals surface area contributed by atoms with Crippen molar-refractivity contribution >= 4 is 21.7 Å². The summed E-state index contributed by atoms with van der Waals surface area (Å²) in [6.45, 7) is 13.0. The minimum atomic E-state index is 0.350. The van der Waals surface area contributed by atoms with Crippen molar-refractivity contribution in [2.75, 3.05) is 18.0 Å². The molecule has 1 rings (SSSR count). The number of halogens is 1. The van der Waals surface area contributed by atoms with Gasteiger partial charge in [-0.25, -0.2) is 9.97 Å². The number of anilines is 1. The molecule has 0 aliphatic heterocycles. The van der Waals surface area contributed by atoms with E-state index in [4.69, 9.17) is 4.98 Å². The number of hydrogen-bond acceptors (Lipinski definition) is 3. The van der Waals surface area contributed by atoms with Gasteiger partial charge in [0.2, 0.25) is 0 Å². The molecule has 0 saturated heterocycles. The molecule has 0 aromatic carbocycles. The first-order chi connectivity index (χ1) is 9.01. The van der Waals surface area contributed by atoms with Crippen molar-refractivity contribution in [1.82, 2.24) is 9.97 Å². The van der Waals surface area contributed by atoms with Crippen molar-refractivity contribution in [2.24, 2.45) is 5.92 Å². The molecule has 0 aliphatic rings. The molecule has 0 spiro atoms. The van der Waals surface area contributed by atoms with Gasteiger partial charge < -0.3 is 4.90 Å². The highest BCUT2D eigenvalue weighted by molar-refractivity contribution is 9.10. The average Bonchev–Trinajstić information content (AvgIpc) is 2.39. The third-order valence-corrected chi connectivity index (χ3v) is 3.96. The fourth-order valence-electron chi connectivity index (χ4n) is 2.09. The van der Waals surface area contributed by atoms with Crippen molar-refractivity contribution in [3.63, 3.8) is 0 Å². The molecule has 0 radical (unpaired) electrons. The molecule has 4 heteroatoms. The standard InChI is InChI=1S/C15H26BrN3/c1-6-12(7-2)10-19(8-3)14-9-13(16)17-15(18-14)11(4)5/h9,11-12H,6-8,10H2,1-5H3. The minimum Gasteiger partial charge on any atom is -0.356 e. The monoisotopic (exact) mass is 327 g/mol. The van der Waals surface area contributed by atoms with Crippen LogP contribution in [0.1, 0.15) is 59.2 Å². The molecule has 19 heavy (non-hydrogen) atoms. The Morgan fingerprint density at radius 3 is 2.26 bits per heavy atom. The van der Waals surface area contributed by atoms with Crippen LogP contribution < -0.4 is 4.90 Å². The summed E-state index contributed by atoms with van der Waals surface area (Å²) in [5.41, 5.74) is 0.